The highest BCUT2D eigenvalue weighted by Crippen LogP contribution is 2.06. The summed E-state index contributed by atoms with van der Waals surface area (Å²) < 4.78 is 12.7. The molecule has 0 bridgehead atoms. The van der Waals surface area contributed by atoms with Gasteiger partial charge in [-0.25, -0.2) is 4.39 Å². The summed E-state index contributed by atoms with van der Waals surface area (Å²) in [7, 11) is 0. The molecule has 0 aromatic heterocycles. The number of benzene rings is 1. The largest absolute Gasteiger partial charge is 0.354 e. The number of hydrogen-bond acceptors (Lipinski definition) is 2. The maximum Gasteiger partial charge on any atom is 0.227 e. The average Bonchev–Trinajstić information content (AvgIpc) is 2.57. The highest BCUT2D eigenvalue weighted by Gasteiger charge is 2.18. The molecule has 0 spiro atoms. The Morgan fingerprint density at radius 1 is 1.28 bits per heavy atom. The third-order valence-corrected chi connectivity index (χ3v) is 2.93. The molecule has 1 aliphatic rings. The Morgan fingerprint density at radius 3 is 2.72 bits per heavy atom. The predicted molar refractivity (Wildman–Crippen MR) is 64.3 cm³/mol. The van der Waals surface area contributed by atoms with Crippen LogP contribution in [0.1, 0.15) is 12.0 Å². The molecule has 1 N–H and O–H groups in total. The van der Waals surface area contributed by atoms with Gasteiger partial charge in [0.1, 0.15) is 5.82 Å². The Morgan fingerprint density at radius 2 is 2.00 bits per heavy atom. The van der Waals surface area contributed by atoms with Gasteiger partial charge in [0.15, 0.2) is 0 Å². The summed E-state index contributed by atoms with van der Waals surface area (Å²) in [5.74, 6) is -0.360. The zero-order valence-corrected chi connectivity index (χ0v) is 9.99. The SMILES string of the molecule is O=C1CCN(C(=O)Cc2ccc(F)cc2)CCN1. The van der Waals surface area contributed by atoms with Gasteiger partial charge in [0, 0.05) is 26.1 Å². The van der Waals surface area contributed by atoms with E-state index in [-0.39, 0.29) is 24.1 Å². The van der Waals surface area contributed by atoms with Crippen molar-refractivity contribution >= 4 is 11.8 Å². The van der Waals surface area contributed by atoms with Gasteiger partial charge in [-0.05, 0) is 17.7 Å². The van der Waals surface area contributed by atoms with E-state index < -0.39 is 0 Å². The van der Waals surface area contributed by atoms with Gasteiger partial charge in [-0.2, -0.15) is 0 Å². The number of nitrogens with one attached hydrogen (secondary N) is 1. The molecule has 1 heterocycles. The molecule has 0 unspecified atom stereocenters. The Hall–Kier alpha value is -1.91. The van der Waals surface area contributed by atoms with E-state index in [9.17, 15) is 14.0 Å². The Balaban J connectivity index is 1.94. The highest BCUT2D eigenvalue weighted by molar-refractivity contribution is 5.81. The van der Waals surface area contributed by atoms with Crippen LogP contribution >= 0.6 is 0 Å². The van der Waals surface area contributed by atoms with Crippen molar-refractivity contribution in [1.29, 1.82) is 0 Å². The van der Waals surface area contributed by atoms with Crippen LogP contribution in [0.15, 0.2) is 24.3 Å². The van der Waals surface area contributed by atoms with Crippen LogP contribution in [-0.2, 0) is 16.0 Å². The average molecular weight is 250 g/mol. The van der Waals surface area contributed by atoms with Crippen LogP contribution in [0.25, 0.3) is 0 Å². The van der Waals surface area contributed by atoms with Crippen molar-refractivity contribution in [2.24, 2.45) is 0 Å². The van der Waals surface area contributed by atoms with E-state index in [2.05, 4.69) is 5.32 Å². The summed E-state index contributed by atoms with van der Waals surface area (Å²) in [6.45, 7) is 1.48. The molecule has 2 rings (SSSR count). The van der Waals surface area contributed by atoms with Gasteiger partial charge in [0.2, 0.25) is 11.8 Å². The molecule has 0 atom stereocenters. The van der Waals surface area contributed by atoms with Gasteiger partial charge in [0.05, 0.1) is 6.42 Å². The molecule has 4 nitrogen and oxygen atoms in total. The van der Waals surface area contributed by atoms with E-state index in [0.29, 0.717) is 26.1 Å². The fourth-order valence-corrected chi connectivity index (χ4v) is 1.91. The van der Waals surface area contributed by atoms with Gasteiger partial charge < -0.3 is 10.2 Å². The summed E-state index contributed by atoms with van der Waals surface area (Å²) in [5.41, 5.74) is 0.782. The van der Waals surface area contributed by atoms with Crippen LogP contribution in [0, 0.1) is 5.82 Å². The first kappa shape index (κ1) is 12.5. The zero-order chi connectivity index (χ0) is 13.0. The first-order chi connectivity index (χ1) is 8.65. The maximum atomic E-state index is 12.7. The number of nitrogens with zero attached hydrogens (tertiary/aromatic N) is 1. The first-order valence-corrected chi connectivity index (χ1v) is 5.94. The minimum absolute atomic E-state index is 0.0212. The molecule has 1 saturated heterocycles. The summed E-state index contributed by atoms with van der Waals surface area (Å²) in [6, 6.07) is 5.90. The lowest BCUT2D eigenvalue weighted by molar-refractivity contribution is -0.130. The molecular formula is C13H15FN2O2. The van der Waals surface area contributed by atoms with E-state index in [1.165, 1.54) is 12.1 Å². The van der Waals surface area contributed by atoms with Gasteiger partial charge in [-0.1, -0.05) is 12.1 Å². The van der Waals surface area contributed by atoms with Crippen molar-refractivity contribution in [3.63, 3.8) is 0 Å². The fourth-order valence-electron chi connectivity index (χ4n) is 1.91. The Bertz CT molecular complexity index is 445. The van der Waals surface area contributed by atoms with Gasteiger partial charge in [-0.15, -0.1) is 0 Å². The number of rotatable bonds is 2. The minimum atomic E-state index is -0.309. The van der Waals surface area contributed by atoms with E-state index in [4.69, 9.17) is 0 Å². The first-order valence-electron chi connectivity index (χ1n) is 5.94. The van der Waals surface area contributed by atoms with Crippen molar-refractivity contribution < 1.29 is 14.0 Å². The van der Waals surface area contributed by atoms with E-state index >= 15 is 0 Å². The molecule has 5 heteroatoms. The summed E-state index contributed by atoms with van der Waals surface area (Å²) in [5, 5.41) is 2.72. The van der Waals surface area contributed by atoms with Crippen molar-refractivity contribution in [2.75, 3.05) is 19.6 Å². The van der Waals surface area contributed by atoms with Crippen molar-refractivity contribution in [3.05, 3.63) is 35.6 Å². The fraction of sp³-hybridized carbons (Fsp3) is 0.385. The van der Waals surface area contributed by atoms with Crippen molar-refractivity contribution in [3.8, 4) is 0 Å². The number of carbonyl (C=O) groups is 2. The molecule has 0 aliphatic carbocycles. The molecule has 1 aliphatic heterocycles. The Kier molecular flexibility index (Phi) is 3.92. The van der Waals surface area contributed by atoms with E-state index in [1.54, 1.807) is 17.0 Å². The summed E-state index contributed by atoms with van der Waals surface area (Å²) in [6.07, 6.45) is 0.587. The van der Waals surface area contributed by atoms with Crippen molar-refractivity contribution in [1.82, 2.24) is 10.2 Å². The third-order valence-electron chi connectivity index (χ3n) is 2.93. The minimum Gasteiger partial charge on any atom is -0.354 e. The van der Waals surface area contributed by atoms with Gasteiger partial charge in [0.25, 0.3) is 0 Å². The molecule has 1 aromatic carbocycles. The predicted octanol–water partition coefficient (Wildman–Crippen LogP) is 0.717. The summed E-state index contributed by atoms with van der Waals surface area (Å²) >= 11 is 0. The van der Waals surface area contributed by atoms with Crippen LogP contribution < -0.4 is 5.32 Å². The number of carbonyl (C=O) groups excluding carboxylic acids is 2. The molecule has 1 aromatic rings. The highest BCUT2D eigenvalue weighted by atomic mass is 19.1. The number of halogens is 1. The molecular weight excluding hydrogens is 235 g/mol. The molecule has 96 valence electrons. The maximum absolute atomic E-state index is 12.7. The molecule has 18 heavy (non-hydrogen) atoms. The monoisotopic (exact) mass is 250 g/mol. The molecule has 1 fully saturated rings. The lowest BCUT2D eigenvalue weighted by Gasteiger charge is -2.19. The van der Waals surface area contributed by atoms with Crippen LogP contribution in [-0.4, -0.2) is 36.3 Å². The lowest BCUT2D eigenvalue weighted by Crippen LogP contribution is -2.35. The third kappa shape index (κ3) is 3.29. The second-order valence-corrected chi connectivity index (χ2v) is 4.28. The molecule has 2 amide bonds. The van der Waals surface area contributed by atoms with Crippen LogP contribution in [0.3, 0.4) is 0 Å². The van der Waals surface area contributed by atoms with Crippen LogP contribution in [0.5, 0.6) is 0 Å². The van der Waals surface area contributed by atoms with Crippen molar-refractivity contribution in [2.45, 2.75) is 12.8 Å². The van der Waals surface area contributed by atoms with Gasteiger partial charge >= 0.3 is 0 Å². The smallest absolute Gasteiger partial charge is 0.227 e. The lowest BCUT2D eigenvalue weighted by atomic mass is 10.1. The molecule has 0 saturated carbocycles. The second kappa shape index (κ2) is 5.62. The quantitative estimate of drug-likeness (QED) is 0.840. The zero-order valence-electron chi connectivity index (χ0n) is 9.99. The van der Waals surface area contributed by atoms with E-state index in [1.807, 2.05) is 0 Å². The topological polar surface area (TPSA) is 49.4 Å². The standard InChI is InChI=1S/C13H15FN2O2/c14-11-3-1-10(2-4-11)9-13(18)16-7-5-12(17)15-6-8-16/h1-4H,5-9H2,(H,15,17). The van der Waals surface area contributed by atoms with Gasteiger partial charge in [-0.3, -0.25) is 9.59 Å². The van der Waals surface area contributed by atoms with E-state index in [0.717, 1.165) is 5.56 Å². The Labute approximate surface area is 105 Å². The number of amides is 2. The summed E-state index contributed by atoms with van der Waals surface area (Å²) in [4.78, 5) is 24.8. The second-order valence-electron chi connectivity index (χ2n) is 4.28. The van der Waals surface area contributed by atoms with Crippen LogP contribution in [0.4, 0.5) is 4.39 Å². The normalized spacial score (nSPS) is 16.1. The number of hydrogen-bond donors (Lipinski definition) is 1. The molecule has 0 radical (unpaired) electrons. The van der Waals surface area contributed by atoms with Crippen LogP contribution in [0.2, 0.25) is 0 Å².